The van der Waals surface area contributed by atoms with Crippen LogP contribution in [0, 0.1) is 5.92 Å². The highest BCUT2D eigenvalue weighted by Crippen LogP contribution is 2.19. The second kappa shape index (κ2) is 30.5. The molecule has 0 aliphatic carbocycles. The van der Waals surface area contributed by atoms with Gasteiger partial charge in [0.1, 0.15) is 6.10 Å². The number of Topliss-reactive ketones (excluding diaryl/α,β-unsaturated/α-hetero) is 1. The van der Waals surface area contributed by atoms with E-state index in [4.69, 9.17) is 5.73 Å². The number of carbonyl (C=O) groups is 1. The van der Waals surface area contributed by atoms with Crippen LogP contribution in [0.1, 0.15) is 180 Å². The van der Waals surface area contributed by atoms with Crippen molar-refractivity contribution in [3.63, 3.8) is 0 Å². The topological polar surface area (TPSA) is 104 Å². The van der Waals surface area contributed by atoms with Crippen molar-refractivity contribution in [3.8, 4) is 0 Å². The number of carbonyl (C=O) groups excluding carboxylic acids is 1. The second-order valence-corrected chi connectivity index (χ2v) is 12.1. The molecule has 0 fully saturated rings. The molecule has 0 aromatic carbocycles. The molecule has 0 aromatic heterocycles. The minimum atomic E-state index is -1.06. The maximum absolute atomic E-state index is 12.6. The number of hydrogen-bond acceptors (Lipinski definition) is 5. The average molecular weight is 556 g/mol. The third-order valence-electron chi connectivity index (χ3n) is 8.39. The summed E-state index contributed by atoms with van der Waals surface area (Å²) in [5, 5.41) is 30.5. The van der Waals surface area contributed by atoms with Crippen molar-refractivity contribution < 1.29 is 20.1 Å². The largest absolute Gasteiger partial charge is 0.396 e. The summed E-state index contributed by atoms with van der Waals surface area (Å²) in [6.07, 6.45) is 30.0. The van der Waals surface area contributed by atoms with E-state index in [1.54, 1.807) is 0 Å². The first kappa shape index (κ1) is 38.5. The summed E-state index contributed by atoms with van der Waals surface area (Å²) < 4.78 is 0. The summed E-state index contributed by atoms with van der Waals surface area (Å²) in [6.45, 7) is 2.69. The van der Waals surface area contributed by atoms with Gasteiger partial charge in [-0.25, -0.2) is 0 Å². The first-order valence-corrected chi connectivity index (χ1v) is 17.3. The van der Waals surface area contributed by atoms with Gasteiger partial charge in [0, 0.05) is 0 Å². The second-order valence-electron chi connectivity index (χ2n) is 12.1. The Bertz CT molecular complexity index is 502. The Morgan fingerprint density at radius 2 is 0.872 bits per heavy atom. The van der Waals surface area contributed by atoms with E-state index in [2.05, 4.69) is 6.92 Å². The highest BCUT2D eigenvalue weighted by Gasteiger charge is 2.30. The number of rotatable bonds is 32. The molecule has 0 aliphatic rings. The van der Waals surface area contributed by atoms with Gasteiger partial charge in [-0.1, -0.05) is 161 Å². The van der Waals surface area contributed by atoms with Crippen molar-refractivity contribution in [1.29, 1.82) is 0 Å². The number of aliphatic hydroxyl groups is 3. The van der Waals surface area contributed by atoms with Crippen molar-refractivity contribution in [3.05, 3.63) is 0 Å². The lowest BCUT2D eigenvalue weighted by atomic mass is 9.89. The van der Waals surface area contributed by atoms with Crippen LogP contribution in [-0.2, 0) is 4.79 Å². The van der Waals surface area contributed by atoms with Crippen molar-refractivity contribution >= 4 is 5.78 Å². The average Bonchev–Trinajstić information content (AvgIpc) is 2.94. The predicted molar refractivity (Wildman–Crippen MR) is 167 cm³/mol. The van der Waals surface area contributed by atoms with Crippen LogP contribution in [0.4, 0.5) is 0 Å². The zero-order valence-electron chi connectivity index (χ0n) is 26.1. The fourth-order valence-electron chi connectivity index (χ4n) is 5.61. The van der Waals surface area contributed by atoms with Crippen LogP contribution in [-0.4, -0.2) is 46.5 Å². The normalized spacial score (nSPS) is 14.0. The van der Waals surface area contributed by atoms with Gasteiger partial charge in [-0.2, -0.15) is 0 Å². The van der Waals surface area contributed by atoms with Crippen molar-refractivity contribution in [2.24, 2.45) is 11.7 Å². The molecule has 3 atom stereocenters. The van der Waals surface area contributed by atoms with Gasteiger partial charge in [-0.3, -0.25) is 4.79 Å². The zero-order valence-corrected chi connectivity index (χ0v) is 26.1. The van der Waals surface area contributed by atoms with Crippen LogP contribution in [0.2, 0.25) is 0 Å². The van der Waals surface area contributed by atoms with Crippen LogP contribution in [0.5, 0.6) is 0 Å². The van der Waals surface area contributed by atoms with Gasteiger partial charge in [0.25, 0.3) is 0 Å². The zero-order chi connectivity index (χ0) is 28.8. The Morgan fingerprint density at radius 3 is 1.23 bits per heavy atom. The van der Waals surface area contributed by atoms with Crippen molar-refractivity contribution in [2.75, 3.05) is 13.2 Å². The van der Waals surface area contributed by atoms with Gasteiger partial charge in [0.05, 0.1) is 18.6 Å². The predicted octanol–water partition coefficient (Wildman–Crippen LogP) is 8.40. The smallest absolute Gasteiger partial charge is 0.169 e. The quantitative estimate of drug-likeness (QED) is 0.0624. The Kier molecular flexibility index (Phi) is 30.1. The number of nitrogens with two attached hydrogens (primary N) is 1. The minimum absolute atomic E-state index is 0.382. The number of hydrogen-bond donors (Lipinski definition) is 4. The van der Waals surface area contributed by atoms with Crippen LogP contribution in [0.3, 0.4) is 0 Å². The Hall–Kier alpha value is -0.490. The fraction of sp³-hybridized carbons (Fsp3) is 0.971. The maximum Gasteiger partial charge on any atom is 0.169 e. The van der Waals surface area contributed by atoms with E-state index in [1.165, 1.54) is 116 Å². The number of unbranched alkanes of at least 4 members (excludes halogenated alkanes) is 23. The molecule has 5 heteroatoms. The molecule has 5 nitrogen and oxygen atoms in total. The highest BCUT2D eigenvalue weighted by molar-refractivity contribution is 5.85. The number of ketones is 1. The maximum atomic E-state index is 12.6. The molecule has 0 rings (SSSR count). The fourth-order valence-corrected chi connectivity index (χ4v) is 5.61. The molecular weight excluding hydrogens is 486 g/mol. The third-order valence-corrected chi connectivity index (χ3v) is 8.39. The summed E-state index contributed by atoms with van der Waals surface area (Å²) in [5.41, 5.74) is 5.52. The molecule has 0 bridgehead atoms. The third kappa shape index (κ3) is 25.0. The monoisotopic (exact) mass is 556 g/mol. The highest BCUT2D eigenvalue weighted by atomic mass is 16.3. The molecule has 234 valence electrons. The van der Waals surface area contributed by atoms with Gasteiger partial charge in [-0.05, 0) is 25.8 Å². The van der Waals surface area contributed by atoms with Gasteiger partial charge >= 0.3 is 0 Å². The molecule has 39 heavy (non-hydrogen) atoms. The van der Waals surface area contributed by atoms with E-state index >= 15 is 0 Å². The van der Waals surface area contributed by atoms with E-state index in [9.17, 15) is 20.1 Å². The van der Waals surface area contributed by atoms with E-state index in [1.807, 2.05) is 0 Å². The van der Waals surface area contributed by atoms with E-state index in [0.717, 1.165) is 51.5 Å². The van der Waals surface area contributed by atoms with Crippen LogP contribution in [0.25, 0.3) is 0 Å². The van der Waals surface area contributed by atoms with E-state index in [0.29, 0.717) is 12.8 Å². The summed E-state index contributed by atoms with van der Waals surface area (Å²) in [7, 11) is 0. The van der Waals surface area contributed by atoms with E-state index in [-0.39, 0.29) is 12.4 Å². The van der Waals surface area contributed by atoms with Crippen LogP contribution >= 0.6 is 0 Å². The Labute approximate surface area is 243 Å². The van der Waals surface area contributed by atoms with Crippen molar-refractivity contribution in [1.82, 2.24) is 0 Å². The van der Waals surface area contributed by atoms with E-state index < -0.39 is 18.1 Å². The lowest BCUT2D eigenvalue weighted by Crippen LogP contribution is -2.38. The van der Waals surface area contributed by atoms with Gasteiger partial charge < -0.3 is 21.1 Å². The van der Waals surface area contributed by atoms with Gasteiger partial charge in [0.2, 0.25) is 0 Å². The molecule has 0 saturated heterocycles. The van der Waals surface area contributed by atoms with Gasteiger partial charge in [0.15, 0.2) is 5.78 Å². The molecule has 0 saturated carbocycles. The molecule has 0 spiro atoms. The molecule has 0 aliphatic heterocycles. The number of aliphatic hydroxyl groups excluding tert-OH is 3. The molecule has 0 aromatic rings. The Morgan fingerprint density at radius 1 is 0.538 bits per heavy atom. The molecule has 3 unspecified atom stereocenters. The summed E-state index contributed by atoms with van der Waals surface area (Å²) in [5.74, 6) is -1.24. The lowest BCUT2D eigenvalue weighted by Gasteiger charge is -2.22. The molecule has 0 radical (unpaired) electrons. The summed E-state index contributed by atoms with van der Waals surface area (Å²) >= 11 is 0. The standard InChI is InChI=1S/C34H69NO4/c1-2-3-4-5-6-7-8-12-16-19-22-25-28-33(38)34(39)31(30-36)32(37)27-24-21-18-15-13-10-9-11-14-17-20-23-26-29-35/h31-33,36-38H,2-30,35H2,1H3. The van der Waals surface area contributed by atoms with Crippen LogP contribution in [0.15, 0.2) is 0 Å². The first-order valence-electron chi connectivity index (χ1n) is 17.3. The minimum Gasteiger partial charge on any atom is -0.396 e. The Balaban J connectivity index is 3.70. The van der Waals surface area contributed by atoms with Crippen LogP contribution < -0.4 is 5.73 Å². The SMILES string of the molecule is CCCCCCCCCCCCCCC(O)C(=O)C(CO)C(O)CCCCCCCCCCCCCCCN. The molecule has 5 N–H and O–H groups in total. The first-order chi connectivity index (χ1) is 19.1. The molecule has 0 heterocycles. The lowest BCUT2D eigenvalue weighted by molar-refractivity contribution is -0.137. The van der Waals surface area contributed by atoms with Crippen molar-refractivity contribution in [2.45, 2.75) is 192 Å². The summed E-state index contributed by atoms with van der Waals surface area (Å²) in [4.78, 5) is 12.6. The summed E-state index contributed by atoms with van der Waals surface area (Å²) in [6, 6.07) is 0. The van der Waals surface area contributed by atoms with Gasteiger partial charge in [-0.15, -0.1) is 0 Å². The molecule has 0 amide bonds. The molecular formula is C34H69NO4.